The molecule has 0 fully saturated rings. The first-order valence-corrected chi connectivity index (χ1v) is 9.31. The summed E-state index contributed by atoms with van der Waals surface area (Å²) in [4.78, 5) is 2.14. The molecule has 27 heavy (non-hydrogen) atoms. The van der Waals surface area contributed by atoms with E-state index >= 15 is 0 Å². The van der Waals surface area contributed by atoms with Crippen LogP contribution in [0.2, 0.25) is 0 Å². The summed E-state index contributed by atoms with van der Waals surface area (Å²) >= 11 is 0. The SMILES string of the molecule is COc1ccc(CN(Cc2ccc(F)cc2)C[C@@H](O)COCC(C)C)cc1. The van der Waals surface area contributed by atoms with Crippen molar-refractivity contribution in [1.82, 2.24) is 4.90 Å². The molecule has 148 valence electrons. The summed E-state index contributed by atoms with van der Waals surface area (Å²) in [5.41, 5.74) is 2.12. The van der Waals surface area contributed by atoms with Crippen molar-refractivity contribution in [2.75, 3.05) is 26.9 Å². The smallest absolute Gasteiger partial charge is 0.123 e. The third-order valence-electron chi connectivity index (χ3n) is 4.12. The lowest BCUT2D eigenvalue weighted by atomic mass is 10.1. The molecule has 1 N–H and O–H groups in total. The van der Waals surface area contributed by atoms with Gasteiger partial charge in [0.15, 0.2) is 0 Å². The third-order valence-corrected chi connectivity index (χ3v) is 4.12. The van der Waals surface area contributed by atoms with Crippen molar-refractivity contribution in [2.45, 2.75) is 33.0 Å². The van der Waals surface area contributed by atoms with Crippen molar-refractivity contribution in [3.8, 4) is 5.75 Å². The van der Waals surface area contributed by atoms with Crippen LogP contribution < -0.4 is 4.74 Å². The van der Waals surface area contributed by atoms with Gasteiger partial charge in [0.25, 0.3) is 0 Å². The summed E-state index contributed by atoms with van der Waals surface area (Å²) in [7, 11) is 1.64. The number of ether oxygens (including phenoxy) is 2. The maximum Gasteiger partial charge on any atom is 0.123 e. The Morgan fingerprint density at radius 2 is 1.48 bits per heavy atom. The number of hydrogen-bond donors (Lipinski definition) is 1. The number of aliphatic hydroxyl groups excluding tert-OH is 1. The highest BCUT2D eigenvalue weighted by Gasteiger charge is 2.14. The van der Waals surface area contributed by atoms with Crippen molar-refractivity contribution >= 4 is 0 Å². The fourth-order valence-electron chi connectivity index (χ4n) is 2.81. The van der Waals surface area contributed by atoms with Crippen LogP contribution >= 0.6 is 0 Å². The summed E-state index contributed by atoms with van der Waals surface area (Å²) in [6, 6.07) is 14.3. The molecular formula is C22H30FNO3. The lowest BCUT2D eigenvalue weighted by Gasteiger charge is -2.25. The zero-order chi connectivity index (χ0) is 19.6. The van der Waals surface area contributed by atoms with E-state index < -0.39 is 6.10 Å². The number of benzene rings is 2. The zero-order valence-corrected chi connectivity index (χ0v) is 16.4. The van der Waals surface area contributed by atoms with E-state index in [1.807, 2.05) is 24.3 Å². The van der Waals surface area contributed by atoms with E-state index in [1.54, 1.807) is 19.2 Å². The van der Waals surface area contributed by atoms with Gasteiger partial charge in [0.05, 0.1) is 19.8 Å². The largest absolute Gasteiger partial charge is 0.497 e. The lowest BCUT2D eigenvalue weighted by Crippen LogP contribution is -2.34. The van der Waals surface area contributed by atoms with Gasteiger partial charge in [-0.05, 0) is 41.3 Å². The topological polar surface area (TPSA) is 41.9 Å². The number of methoxy groups -OCH3 is 1. The predicted octanol–water partition coefficient (Wildman–Crippen LogP) is 3.87. The van der Waals surface area contributed by atoms with E-state index in [2.05, 4.69) is 18.7 Å². The molecule has 0 aliphatic heterocycles. The van der Waals surface area contributed by atoms with Crippen LogP contribution in [0.5, 0.6) is 5.75 Å². The van der Waals surface area contributed by atoms with Gasteiger partial charge in [-0.1, -0.05) is 38.1 Å². The van der Waals surface area contributed by atoms with Crippen LogP contribution in [0, 0.1) is 11.7 Å². The molecule has 5 heteroatoms. The summed E-state index contributed by atoms with van der Waals surface area (Å²) in [6.45, 7) is 6.86. The van der Waals surface area contributed by atoms with Crippen LogP contribution in [0.4, 0.5) is 4.39 Å². The van der Waals surface area contributed by atoms with E-state index in [9.17, 15) is 9.50 Å². The standard InChI is InChI=1S/C22H30FNO3/c1-17(2)15-27-16-21(25)14-24(12-18-4-8-20(23)9-5-18)13-19-6-10-22(26-3)11-7-19/h4-11,17,21,25H,12-16H2,1-3H3/t21-/m1/s1. The first-order valence-electron chi connectivity index (χ1n) is 9.31. The molecule has 0 unspecified atom stereocenters. The molecule has 0 spiro atoms. The molecule has 1 atom stereocenters. The van der Waals surface area contributed by atoms with Gasteiger partial charge >= 0.3 is 0 Å². The monoisotopic (exact) mass is 375 g/mol. The van der Waals surface area contributed by atoms with Gasteiger partial charge in [-0.15, -0.1) is 0 Å². The molecule has 4 nitrogen and oxygen atoms in total. The average Bonchev–Trinajstić information content (AvgIpc) is 2.64. The first-order chi connectivity index (χ1) is 13.0. The maximum absolute atomic E-state index is 13.2. The minimum atomic E-state index is -0.581. The molecule has 0 radical (unpaired) electrons. The molecule has 0 aliphatic carbocycles. The number of nitrogens with zero attached hydrogens (tertiary/aromatic N) is 1. The second-order valence-electron chi connectivity index (χ2n) is 7.23. The van der Waals surface area contributed by atoms with E-state index in [4.69, 9.17) is 9.47 Å². The Hall–Kier alpha value is -1.95. The van der Waals surface area contributed by atoms with Gasteiger partial charge in [0.1, 0.15) is 11.6 Å². The molecule has 0 heterocycles. The van der Waals surface area contributed by atoms with E-state index in [1.165, 1.54) is 12.1 Å². The Morgan fingerprint density at radius 1 is 0.926 bits per heavy atom. The molecule has 0 amide bonds. The van der Waals surface area contributed by atoms with E-state index in [0.29, 0.717) is 38.8 Å². The molecular weight excluding hydrogens is 345 g/mol. The first kappa shape index (κ1) is 21.4. The van der Waals surface area contributed by atoms with Crippen molar-refractivity contribution < 1.29 is 19.0 Å². The van der Waals surface area contributed by atoms with Crippen LogP contribution in [-0.2, 0) is 17.8 Å². The molecule has 0 saturated carbocycles. The molecule has 0 aliphatic rings. The molecule has 0 saturated heterocycles. The Kier molecular flexibility index (Phi) is 8.72. The van der Waals surface area contributed by atoms with Crippen molar-refractivity contribution in [2.24, 2.45) is 5.92 Å². The Bertz CT molecular complexity index is 658. The van der Waals surface area contributed by atoms with Crippen molar-refractivity contribution in [1.29, 1.82) is 0 Å². The van der Waals surface area contributed by atoms with Gasteiger partial charge in [0, 0.05) is 26.2 Å². The normalized spacial score (nSPS) is 12.6. The number of aliphatic hydroxyl groups is 1. The minimum Gasteiger partial charge on any atom is -0.497 e. The second-order valence-corrected chi connectivity index (χ2v) is 7.23. The Balaban J connectivity index is 2.00. The fraction of sp³-hybridized carbons (Fsp3) is 0.455. The third kappa shape index (κ3) is 8.08. The molecule has 0 bridgehead atoms. The molecule has 2 rings (SSSR count). The second kappa shape index (κ2) is 11.0. The number of hydrogen-bond acceptors (Lipinski definition) is 4. The average molecular weight is 375 g/mol. The highest BCUT2D eigenvalue weighted by Crippen LogP contribution is 2.15. The van der Waals surface area contributed by atoms with Crippen LogP contribution in [0.3, 0.4) is 0 Å². The van der Waals surface area contributed by atoms with E-state index in [-0.39, 0.29) is 5.82 Å². The summed E-state index contributed by atoms with van der Waals surface area (Å²) in [5.74, 6) is 1.00. The zero-order valence-electron chi connectivity index (χ0n) is 16.4. The summed E-state index contributed by atoms with van der Waals surface area (Å²) < 4.78 is 23.9. The van der Waals surface area contributed by atoms with Gasteiger partial charge in [-0.2, -0.15) is 0 Å². The fourth-order valence-corrected chi connectivity index (χ4v) is 2.81. The molecule has 2 aromatic rings. The summed E-state index contributed by atoms with van der Waals surface area (Å²) in [5, 5.41) is 10.4. The van der Waals surface area contributed by atoms with Gasteiger partial charge in [-0.3, -0.25) is 4.90 Å². The molecule has 2 aromatic carbocycles. The Morgan fingerprint density at radius 3 is 2.00 bits per heavy atom. The van der Waals surface area contributed by atoms with Crippen LogP contribution in [0.15, 0.2) is 48.5 Å². The number of halogens is 1. The molecule has 0 aromatic heterocycles. The lowest BCUT2D eigenvalue weighted by molar-refractivity contribution is 0.00554. The van der Waals surface area contributed by atoms with Gasteiger partial charge < -0.3 is 14.6 Å². The maximum atomic E-state index is 13.2. The van der Waals surface area contributed by atoms with Crippen LogP contribution in [0.1, 0.15) is 25.0 Å². The van der Waals surface area contributed by atoms with Crippen LogP contribution in [0.25, 0.3) is 0 Å². The Labute approximate surface area is 161 Å². The van der Waals surface area contributed by atoms with Crippen LogP contribution in [-0.4, -0.2) is 43.0 Å². The minimum absolute atomic E-state index is 0.248. The van der Waals surface area contributed by atoms with Crippen molar-refractivity contribution in [3.63, 3.8) is 0 Å². The summed E-state index contributed by atoms with van der Waals surface area (Å²) in [6.07, 6.45) is -0.581. The quantitative estimate of drug-likeness (QED) is 0.647. The predicted molar refractivity (Wildman–Crippen MR) is 105 cm³/mol. The van der Waals surface area contributed by atoms with Gasteiger partial charge in [0.2, 0.25) is 0 Å². The van der Waals surface area contributed by atoms with E-state index in [0.717, 1.165) is 16.9 Å². The highest BCUT2D eigenvalue weighted by molar-refractivity contribution is 5.27. The van der Waals surface area contributed by atoms with Crippen molar-refractivity contribution in [3.05, 3.63) is 65.5 Å². The number of rotatable bonds is 11. The highest BCUT2D eigenvalue weighted by atomic mass is 19.1. The van der Waals surface area contributed by atoms with Gasteiger partial charge in [-0.25, -0.2) is 4.39 Å².